The fourth-order valence-electron chi connectivity index (χ4n) is 2.05. The van der Waals surface area contributed by atoms with E-state index in [1.807, 2.05) is 13.8 Å². The highest BCUT2D eigenvalue weighted by molar-refractivity contribution is 5.86. The van der Waals surface area contributed by atoms with Crippen LogP contribution in [-0.4, -0.2) is 48.3 Å². The van der Waals surface area contributed by atoms with Crippen LogP contribution < -0.4 is 10.1 Å². The molecule has 0 fully saturated rings. The maximum Gasteiger partial charge on any atom is 0.328 e. The minimum absolute atomic E-state index is 0.165. The van der Waals surface area contributed by atoms with E-state index in [1.165, 1.54) is 14.2 Å². The number of aliphatic hydroxyl groups excluding tert-OH is 1. The average molecular weight is 324 g/mol. The molecule has 0 saturated heterocycles. The number of ether oxygens (including phenoxy) is 2. The number of nitrogens with one attached hydrogen (secondary N) is 1. The Labute approximate surface area is 136 Å². The summed E-state index contributed by atoms with van der Waals surface area (Å²) in [6.07, 6.45) is 0.940. The summed E-state index contributed by atoms with van der Waals surface area (Å²) in [5.41, 5.74) is 0.736. The first-order chi connectivity index (χ1) is 10.9. The van der Waals surface area contributed by atoms with Crippen molar-refractivity contribution >= 4 is 11.9 Å². The number of aliphatic hydroxyl groups is 1. The number of carbonyl (C=O) groups excluding carboxylic acids is 2. The molecular formula is C16H24N2O5. The van der Waals surface area contributed by atoms with E-state index in [4.69, 9.17) is 9.47 Å². The van der Waals surface area contributed by atoms with Crippen molar-refractivity contribution in [2.75, 3.05) is 14.2 Å². The highest BCUT2D eigenvalue weighted by atomic mass is 16.5. The Balaban J connectivity index is 2.75. The average Bonchev–Trinajstić information content (AvgIpc) is 2.53. The van der Waals surface area contributed by atoms with Gasteiger partial charge < -0.3 is 19.9 Å². The van der Waals surface area contributed by atoms with Crippen LogP contribution in [0.3, 0.4) is 0 Å². The molecule has 1 rings (SSSR count). The minimum atomic E-state index is -1.16. The first-order valence-corrected chi connectivity index (χ1v) is 7.42. The zero-order valence-electron chi connectivity index (χ0n) is 13.9. The zero-order chi connectivity index (χ0) is 17.4. The van der Waals surface area contributed by atoms with Crippen LogP contribution in [0.2, 0.25) is 0 Å². The van der Waals surface area contributed by atoms with Crippen molar-refractivity contribution in [1.29, 1.82) is 0 Å². The van der Waals surface area contributed by atoms with Gasteiger partial charge in [0, 0.05) is 18.7 Å². The summed E-state index contributed by atoms with van der Waals surface area (Å²) in [5.74, 6) is -0.542. The third kappa shape index (κ3) is 6.23. The van der Waals surface area contributed by atoms with Gasteiger partial charge in [0.2, 0.25) is 11.8 Å². The Bertz CT molecular complexity index is 516. The van der Waals surface area contributed by atoms with Gasteiger partial charge in [0.1, 0.15) is 12.1 Å². The molecule has 1 heterocycles. The van der Waals surface area contributed by atoms with Gasteiger partial charge in [-0.15, -0.1) is 0 Å². The number of aromatic nitrogens is 1. The summed E-state index contributed by atoms with van der Waals surface area (Å²) in [6, 6.07) is 2.53. The van der Waals surface area contributed by atoms with Gasteiger partial charge in [-0.3, -0.25) is 4.79 Å². The fraction of sp³-hybridized carbons (Fsp3) is 0.562. The predicted octanol–water partition coefficient (Wildman–Crippen LogP) is 0.697. The highest BCUT2D eigenvalue weighted by Crippen LogP contribution is 2.10. The minimum Gasteiger partial charge on any atom is -0.481 e. The van der Waals surface area contributed by atoms with E-state index in [9.17, 15) is 14.7 Å². The smallest absolute Gasteiger partial charge is 0.328 e. The Morgan fingerprint density at radius 3 is 2.48 bits per heavy atom. The number of nitrogens with zero attached hydrogens (tertiary/aromatic N) is 1. The molecule has 7 heteroatoms. The summed E-state index contributed by atoms with van der Waals surface area (Å²) < 4.78 is 9.68. The lowest BCUT2D eigenvalue weighted by Gasteiger charge is -2.19. The molecule has 0 bridgehead atoms. The molecule has 128 valence electrons. The molecule has 1 aromatic heterocycles. The van der Waals surface area contributed by atoms with Crippen LogP contribution in [0.5, 0.6) is 5.88 Å². The molecule has 23 heavy (non-hydrogen) atoms. The van der Waals surface area contributed by atoms with Crippen molar-refractivity contribution in [3.63, 3.8) is 0 Å². The number of methoxy groups -OCH3 is 2. The molecule has 1 aromatic rings. The van der Waals surface area contributed by atoms with E-state index in [2.05, 4.69) is 10.3 Å². The summed E-state index contributed by atoms with van der Waals surface area (Å²) in [4.78, 5) is 27.9. The van der Waals surface area contributed by atoms with Gasteiger partial charge in [-0.2, -0.15) is 0 Å². The first-order valence-electron chi connectivity index (χ1n) is 7.42. The molecule has 0 radical (unpaired) electrons. The summed E-state index contributed by atoms with van der Waals surface area (Å²) in [5, 5.41) is 12.4. The number of esters is 1. The topological polar surface area (TPSA) is 97.8 Å². The van der Waals surface area contributed by atoms with Crippen LogP contribution in [0.25, 0.3) is 0 Å². The molecule has 0 aliphatic rings. The van der Waals surface area contributed by atoms with Crippen LogP contribution in [0.15, 0.2) is 18.3 Å². The molecule has 1 amide bonds. The van der Waals surface area contributed by atoms with Crippen molar-refractivity contribution in [3.05, 3.63) is 23.9 Å². The van der Waals surface area contributed by atoms with Crippen molar-refractivity contribution in [3.8, 4) is 5.88 Å². The zero-order valence-corrected chi connectivity index (χ0v) is 13.9. The van der Waals surface area contributed by atoms with Crippen molar-refractivity contribution in [1.82, 2.24) is 10.3 Å². The van der Waals surface area contributed by atoms with Crippen LogP contribution in [0, 0.1) is 5.92 Å². The molecule has 0 aliphatic heterocycles. The van der Waals surface area contributed by atoms with Gasteiger partial charge in [-0.1, -0.05) is 19.9 Å². The Kier molecular flexibility index (Phi) is 7.47. The van der Waals surface area contributed by atoms with Crippen LogP contribution in [0.1, 0.15) is 25.8 Å². The van der Waals surface area contributed by atoms with E-state index in [1.54, 1.807) is 18.3 Å². The molecule has 0 spiro atoms. The maximum atomic E-state index is 12.0. The molecular weight excluding hydrogens is 300 g/mol. The lowest BCUT2D eigenvalue weighted by Crippen LogP contribution is -2.47. The standard InChI is InChI=1S/C16H24N2O5/c1-10(2)7-13(19)15(20)18-12(16(21)23-4)8-11-5-6-14(22-3)17-9-11/h5-6,9-10,12-13,19H,7-8H2,1-4H3,(H,18,20)/t12-,13+/m0/s1. The van der Waals surface area contributed by atoms with Crippen molar-refractivity contribution in [2.45, 2.75) is 38.8 Å². The Hall–Kier alpha value is -2.15. The number of rotatable bonds is 8. The van der Waals surface area contributed by atoms with Crippen LogP contribution in [-0.2, 0) is 20.7 Å². The van der Waals surface area contributed by atoms with Crippen LogP contribution in [0.4, 0.5) is 0 Å². The van der Waals surface area contributed by atoms with Crippen LogP contribution >= 0.6 is 0 Å². The Morgan fingerprint density at radius 1 is 1.30 bits per heavy atom. The lowest BCUT2D eigenvalue weighted by molar-refractivity contribution is -0.146. The second-order valence-corrected chi connectivity index (χ2v) is 5.64. The SMILES string of the molecule is COC(=O)[C@H](Cc1ccc(OC)nc1)NC(=O)[C@H](O)CC(C)C. The quantitative estimate of drug-likeness (QED) is 0.683. The van der Waals surface area contributed by atoms with Gasteiger partial charge in [0.25, 0.3) is 0 Å². The maximum absolute atomic E-state index is 12.0. The molecule has 0 aliphatic carbocycles. The van der Waals surface area contributed by atoms with E-state index in [-0.39, 0.29) is 12.3 Å². The van der Waals surface area contributed by atoms with Gasteiger partial charge >= 0.3 is 5.97 Å². The van der Waals surface area contributed by atoms with E-state index in [0.717, 1.165) is 5.56 Å². The number of amides is 1. The van der Waals surface area contributed by atoms with Gasteiger partial charge in [0.15, 0.2) is 0 Å². The molecule has 0 aromatic carbocycles. The lowest BCUT2D eigenvalue weighted by atomic mass is 10.0. The van der Waals surface area contributed by atoms with E-state index >= 15 is 0 Å². The number of carbonyl (C=O) groups is 2. The van der Waals surface area contributed by atoms with E-state index in [0.29, 0.717) is 12.3 Å². The molecule has 7 nitrogen and oxygen atoms in total. The second kappa shape index (κ2) is 9.09. The van der Waals surface area contributed by atoms with Crippen molar-refractivity contribution in [2.24, 2.45) is 5.92 Å². The summed E-state index contributed by atoms with van der Waals surface area (Å²) in [7, 11) is 2.76. The summed E-state index contributed by atoms with van der Waals surface area (Å²) >= 11 is 0. The monoisotopic (exact) mass is 324 g/mol. The number of hydrogen-bond acceptors (Lipinski definition) is 6. The highest BCUT2D eigenvalue weighted by Gasteiger charge is 2.25. The third-order valence-electron chi connectivity index (χ3n) is 3.25. The third-order valence-corrected chi connectivity index (χ3v) is 3.25. The van der Waals surface area contributed by atoms with Gasteiger partial charge in [0.05, 0.1) is 14.2 Å². The number of pyridine rings is 1. The Morgan fingerprint density at radius 2 is 2.00 bits per heavy atom. The molecule has 0 saturated carbocycles. The fourth-order valence-corrected chi connectivity index (χ4v) is 2.05. The normalized spacial score (nSPS) is 13.3. The van der Waals surface area contributed by atoms with E-state index < -0.39 is 24.0 Å². The van der Waals surface area contributed by atoms with Gasteiger partial charge in [-0.05, 0) is 17.9 Å². The molecule has 0 unspecified atom stereocenters. The largest absolute Gasteiger partial charge is 0.481 e. The molecule has 2 atom stereocenters. The second-order valence-electron chi connectivity index (χ2n) is 5.64. The molecule has 2 N–H and O–H groups in total. The van der Waals surface area contributed by atoms with Crippen molar-refractivity contribution < 1.29 is 24.2 Å². The van der Waals surface area contributed by atoms with Gasteiger partial charge in [-0.25, -0.2) is 9.78 Å². The first kappa shape index (κ1) is 18.9. The summed E-state index contributed by atoms with van der Waals surface area (Å²) in [6.45, 7) is 3.80. The number of hydrogen-bond donors (Lipinski definition) is 2. The predicted molar refractivity (Wildman–Crippen MR) is 83.9 cm³/mol.